The third-order valence-electron chi connectivity index (χ3n) is 2.55. The van der Waals surface area contributed by atoms with E-state index in [0.717, 1.165) is 10.9 Å². The molecule has 7 heteroatoms. The Morgan fingerprint density at radius 1 is 1.37 bits per heavy atom. The fourth-order valence-electron chi connectivity index (χ4n) is 1.66. The van der Waals surface area contributed by atoms with Gasteiger partial charge in [-0.2, -0.15) is 0 Å². The number of methoxy groups -OCH3 is 1. The molecule has 0 unspecified atom stereocenters. The van der Waals surface area contributed by atoms with Gasteiger partial charge in [-0.25, -0.2) is 4.98 Å². The summed E-state index contributed by atoms with van der Waals surface area (Å²) in [6.45, 7) is 4.10. The van der Waals surface area contributed by atoms with Crippen molar-refractivity contribution in [1.82, 2.24) is 19.7 Å². The number of rotatable bonds is 5. The lowest BCUT2D eigenvalue weighted by molar-refractivity contribution is 0.397. The van der Waals surface area contributed by atoms with Gasteiger partial charge in [0.25, 0.3) is 0 Å². The van der Waals surface area contributed by atoms with Crippen molar-refractivity contribution in [2.75, 3.05) is 12.8 Å². The van der Waals surface area contributed by atoms with Gasteiger partial charge < -0.3 is 10.5 Å². The van der Waals surface area contributed by atoms with Crippen LogP contribution in [0.3, 0.4) is 0 Å². The maximum Gasteiger partial charge on any atom is 0.222 e. The lowest BCUT2D eigenvalue weighted by atomic mass is 10.4. The molecule has 19 heavy (non-hydrogen) atoms. The number of thioether (sulfide) groups is 1. The van der Waals surface area contributed by atoms with E-state index in [2.05, 4.69) is 15.2 Å². The largest absolute Gasteiger partial charge is 0.481 e. The van der Waals surface area contributed by atoms with Gasteiger partial charge in [0.1, 0.15) is 0 Å². The summed E-state index contributed by atoms with van der Waals surface area (Å²) in [6, 6.07) is 5.93. The topological polar surface area (TPSA) is 78.9 Å². The minimum absolute atomic E-state index is 0.232. The van der Waals surface area contributed by atoms with Crippen LogP contribution < -0.4 is 10.5 Å². The van der Waals surface area contributed by atoms with E-state index >= 15 is 0 Å². The molecule has 0 saturated carbocycles. The van der Waals surface area contributed by atoms with E-state index in [4.69, 9.17) is 10.5 Å². The monoisotopic (exact) mass is 279 g/mol. The van der Waals surface area contributed by atoms with Gasteiger partial charge in [0.05, 0.1) is 12.8 Å². The van der Waals surface area contributed by atoms with Crippen LogP contribution in [0.2, 0.25) is 0 Å². The van der Waals surface area contributed by atoms with E-state index in [-0.39, 0.29) is 6.04 Å². The summed E-state index contributed by atoms with van der Waals surface area (Å²) in [5.41, 5.74) is 6.73. The predicted molar refractivity (Wildman–Crippen MR) is 75.2 cm³/mol. The molecule has 0 aliphatic carbocycles. The van der Waals surface area contributed by atoms with Gasteiger partial charge in [-0.15, -0.1) is 10.2 Å². The molecule has 2 aromatic rings. The van der Waals surface area contributed by atoms with Gasteiger partial charge in [-0.3, -0.25) is 4.57 Å². The second-order valence-electron chi connectivity index (χ2n) is 4.26. The van der Waals surface area contributed by atoms with Gasteiger partial charge in [-0.1, -0.05) is 17.8 Å². The molecule has 0 spiro atoms. The Morgan fingerprint density at radius 2 is 2.16 bits per heavy atom. The molecule has 0 aliphatic rings. The maximum atomic E-state index is 5.80. The van der Waals surface area contributed by atoms with Crippen molar-refractivity contribution in [3.8, 4) is 5.88 Å². The number of pyridine rings is 1. The fraction of sp³-hybridized carbons (Fsp3) is 0.417. The SMILES string of the molecule is COc1cccc(CSc2nnc(N)n2C(C)C)n1. The van der Waals surface area contributed by atoms with Gasteiger partial charge in [-0.05, 0) is 19.9 Å². The summed E-state index contributed by atoms with van der Waals surface area (Å²) in [7, 11) is 1.61. The molecule has 0 bridgehead atoms. The minimum Gasteiger partial charge on any atom is -0.481 e. The van der Waals surface area contributed by atoms with Crippen LogP contribution in [0, 0.1) is 0 Å². The highest BCUT2D eigenvalue weighted by Gasteiger charge is 2.13. The second kappa shape index (κ2) is 5.92. The van der Waals surface area contributed by atoms with Crippen LogP contribution in [0.1, 0.15) is 25.6 Å². The summed E-state index contributed by atoms with van der Waals surface area (Å²) in [4.78, 5) is 4.36. The normalized spacial score (nSPS) is 10.9. The Morgan fingerprint density at radius 3 is 2.84 bits per heavy atom. The average Bonchev–Trinajstić information content (AvgIpc) is 2.78. The molecule has 0 saturated heterocycles. The van der Waals surface area contributed by atoms with E-state index in [9.17, 15) is 0 Å². The maximum absolute atomic E-state index is 5.80. The molecule has 2 rings (SSSR count). The van der Waals surface area contributed by atoms with Gasteiger partial charge in [0.2, 0.25) is 11.8 Å². The lowest BCUT2D eigenvalue weighted by Crippen LogP contribution is -2.07. The van der Waals surface area contributed by atoms with Crippen LogP contribution in [0.25, 0.3) is 0 Å². The van der Waals surface area contributed by atoms with Crippen molar-refractivity contribution >= 4 is 17.7 Å². The van der Waals surface area contributed by atoms with Crippen molar-refractivity contribution in [2.24, 2.45) is 0 Å². The smallest absolute Gasteiger partial charge is 0.222 e. The number of nitrogens with zero attached hydrogens (tertiary/aromatic N) is 4. The van der Waals surface area contributed by atoms with E-state index < -0.39 is 0 Å². The third kappa shape index (κ3) is 3.17. The summed E-state index contributed by atoms with van der Waals surface area (Å²) in [6.07, 6.45) is 0. The van der Waals surface area contributed by atoms with Crippen molar-refractivity contribution in [1.29, 1.82) is 0 Å². The summed E-state index contributed by atoms with van der Waals surface area (Å²) >= 11 is 1.56. The minimum atomic E-state index is 0.232. The molecule has 2 heterocycles. The first-order chi connectivity index (χ1) is 9.11. The molecule has 0 aliphatic heterocycles. The highest BCUT2D eigenvalue weighted by molar-refractivity contribution is 7.98. The first kappa shape index (κ1) is 13.7. The number of ether oxygens (including phenoxy) is 1. The molecule has 0 aromatic carbocycles. The number of nitrogens with two attached hydrogens (primary N) is 1. The Labute approximate surface area is 116 Å². The average molecular weight is 279 g/mol. The van der Waals surface area contributed by atoms with Gasteiger partial charge in [0.15, 0.2) is 5.16 Å². The fourth-order valence-corrected chi connectivity index (χ4v) is 2.64. The number of hydrogen-bond donors (Lipinski definition) is 1. The molecule has 0 atom stereocenters. The highest BCUT2D eigenvalue weighted by atomic mass is 32.2. The molecule has 2 aromatic heterocycles. The number of anilines is 1. The standard InChI is InChI=1S/C12H17N5OS/c1-8(2)17-11(13)15-16-12(17)19-7-9-5-4-6-10(14-9)18-3/h4-6,8H,7H2,1-3H3,(H2,13,15). The number of hydrogen-bond acceptors (Lipinski definition) is 6. The zero-order chi connectivity index (χ0) is 13.8. The zero-order valence-corrected chi connectivity index (χ0v) is 12.0. The molecule has 0 radical (unpaired) electrons. The predicted octanol–water partition coefficient (Wildman–Crippen LogP) is 2.14. The summed E-state index contributed by atoms with van der Waals surface area (Å²) in [5, 5.41) is 8.80. The first-order valence-electron chi connectivity index (χ1n) is 5.95. The zero-order valence-electron chi connectivity index (χ0n) is 11.2. The Bertz CT molecular complexity index is 555. The lowest BCUT2D eigenvalue weighted by Gasteiger charge is -2.11. The molecule has 102 valence electrons. The van der Waals surface area contributed by atoms with Crippen LogP contribution >= 0.6 is 11.8 Å². The molecule has 0 amide bonds. The van der Waals surface area contributed by atoms with Gasteiger partial charge in [0, 0.05) is 17.9 Å². The second-order valence-corrected chi connectivity index (χ2v) is 5.21. The van der Waals surface area contributed by atoms with Crippen LogP contribution in [-0.2, 0) is 5.75 Å². The number of aromatic nitrogens is 4. The Balaban J connectivity index is 2.10. The van der Waals surface area contributed by atoms with Crippen molar-refractivity contribution in [2.45, 2.75) is 30.8 Å². The van der Waals surface area contributed by atoms with Crippen LogP contribution in [-0.4, -0.2) is 26.9 Å². The molecular weight excluding hydrogens is 262 g/mol. The summed E-state index contributed by atoms with van der Waals surface area (Å²) < 4.78 is 7.01. The van der Waals surface area contributed by atoms with E-state index in [1.54, 1.807) is 18.9 Å². The van der Waals surface area contributed by atoms with Crippen LogP contribution in [0.4, 0.5) is 5.95 Å². The van der Waals surface area contributed by atoms with E-state index in [0.29, 0.717) is 17.6 Å². The number of nitrogen functional groups attached to an aromatic ring is 1. The van der Waals surface area contributed by atoms with Gasteiger partial charge >= 0.3 is 0 Å². The first-order valence-corrected chi connectivity index (χ1v) is 6.93. The quantitative estimate of drug-likeness (QED) is 0.845. The Kier molecular flexibility index (Phi) is 4.26. The van der Waals surface area contributed by atoms with Crippen LogP contribution in [0.15, 0.2) is 23.4 Å². The Hall–Kier alpha value is -1.76. The van der Waals surface area contributed by atoms with Crippen molar-refractivity contribution in [3.05, 3.63) is 23.9 Å². The van der Waals surface area contributed by atoms with E-state index in [1.165, 1.54) is 0 Å². The van der Waals surface area contributed by atoms with Crippen molar-refractivity contribution in [3.63, 3.8) is 0 Å². The van der Waals surface area contributed by atoms with Crippen molar-refractivity contribution < 1.29 is 4.74 Å². The summed E-state index contributed by atoms with van der Waals surface area (Å²) in [5.74, 6) is 1.75. The molecular formula is C12H17N5OS. The van der Waals surface area contributed by atoms with E-state index in [1.807, 2.05) is 36.6 Å². The molecule has 2 N–H and O–H groups in total. The van der Waals surface area contributed by atoms with Crippen LogP contribution in [0.5, 0.6) is 5.88 Å². The highest BCUT2D eigenvalue weighted by Crippen LogP contribution is 2.25. The third-order valence-corrected chi connectivity index (χ3v) is 3.52. The molecule has 6 nitrogen and oxygen atoms in total. The molecule has 0 fully saturated rings.